The van der Waals surface area contributed by atoms with E-state index in [1.807, 2.05) is 25.1 Å². The van der Waals surface area contributed by atoms with E-state index in [0.717, 1.165) is 28.2 Å². The lowest BCUT2D eigenvalue weighted by atomic mass is 9.97. The fraction of sp³-hybridized carbons (Fsp3) is 0.188. The molecule has 4 nitrogen and oxygen atoms in total. The van der Waals surface area contributed by atoms with E-state index in [2.05, 4.69) is 0 Å². The highest BCUT2D eigenvalue weighted by atomic mass is 16.5. The lowest BCUT2D eigenvalue weighted by Gasteiger charge is -2.13. The van der Waals surface area contributed by atoms with Gasteiger partial charge in [-0.1, -0.05) is 6.07 Å². The van der Waals surface area contributed by atoms with Crippen molar-refractivity contribution >= 4 is 5.97 Å². The molecular formula is C16H16O4. The van der Waals surface area contributed by atoms with E-state index in [0.29, 0.717) is 0 Å². The van der Waals surface area contributed by atoms with Crippen molar-refractivity contribution in [1.82, 2.24) is 0 Å². The summed E-state index contributed by atoms with van der Waals surface area (Å²) in [6.07, 6.45) is 0. The van der Waals surface area contributed by atoms with Gasteiger partial charge in [0.25, 0.3) is 0 Å². The molecule has 0 fully saturated rings. The SMILES string of the molecule is COc1ccc(OC)c(-c2ccc(C(=O)O)cc2C)c1. The first kappa shape index (κ1) is 13.9. The number of methoxy groups -OCH3 is 2. The first-order chi connectivity index (χ1) is 9.56. The van der Waals surface area contributed by atoms with Gasteiger partial charge < -0.3 is 14.6 Å². The molecule has 0 bridgehead atoms. The maximum absolute atomic E-state index is 11.0. The normalized spacial score (nSPS) is 10.2. The van der Waals surface area contributed by atoms with Gasteiger partial charge in [0, 0.05) is 5.56 Å². The summed E-state index contributed by atoms with van der Waals surface area (Å²) < 4.78 is 10.6. The zero-order chi connectivity index (χ0) is 14.7. The third kappa shape index (κ3) is 2.59. The molecule has 20 heavy (non-hydrogen) atoms. The standard InChI is InChI=1S/C16H16O4/c1-10-8-11(16(17)18)4-6-13(10)14-9-12(19-2)5-7-15(14)20-3/h4-9H,1-3H3,(H,17,18). The third-order valence-corrected chi connectivity index (χ3v) is 3.17. The third-order valence-electron chi connectivity index (χ3n) is 3.17. The molecule has 0 aliphatic carbocycles. The van der Waals surface area contributed by atoms with E-state index in [9.17, 15) is 4.79 Å². The topological polar surface area (TPSA) is 55.8 Å². The average molecular weight is 272 g/mol. The number of aromatic carboxylic acids is 1. The molecule has 0 saturated heterocycles. The van der Waals surface area contributed by atoms with E-state index in [-0.39, 0.29) is 5.56 Å². The number of rotatable bonds is 4. The van der Waals surface area contributed by atoms with Crippen molar-refractivity contribution in [3.63, 3.8) is 0 Å². The van der Waals surface area contributed by atoms with Crippen molar-refractivity contribution < 1.29 is 19.4 Å². The molecule has 104 valence electrons. The number of carboxylic acid groups (broad SMARTS) is 1. The maximum Gasteiger partial charge on any atom is 0.335 e. The second-order valence-corrected chi connectivity index (χ2v) is 4.40. The minimum absolute atomic E-state index is 0.271. The molecule has 0 aliphatic rings. The van der Waals surface area contributed by atoms with Gasteiger partial charge in [0.2, 0.25) is 0 Å². The predicted molar refractivity (Wildman–Crippen MR) is 76.7 cm³/mol. The van der Waals surface area contributed by atoms with Gasteiger partial charge in [0.05, 0.1) is 19.8 Å². The van der Waals surface area contributed by atoms with Crippen LogP contribution in [0.4, 0.5) is 0 Å². The molecule has 2 aromatic carbocycles. The van der Waals surface area contributed by atoms with Crippen LogP contribution in [0.1, 0.15) is 15.9 Å². The second-order valence-electron chi connectivity index (χ2n) is 4.40. The van der Waals surface area contributed by atoms with Crippen LogP contribution in [-0.2, 0) is 0 Å². The molecule has 2 aromatic rings. The van der Waals surface area contributed by atoms with Gasteiger partial charge in [0.1, 0.15) is 11.5 Å². The minimum atomic E-state index is -0.933. The number of benzene rings is 2. The number of hydrogen-bond donors (Lipinski definition) is 1. The zero-order valence-electron chi connectivity index (χ0n) is 11.6. The highest BCUT2D eigenvalue weighted by Gasteiger charge is 2.12. The number of ether oxygens (including phenoxy) is 2. The Balaban J connectivity index is 2.58. The van der Waals surface area contributed by atoms with Gasteiger partial charge in [-0.15, -0.1) is 0 Å². The van der Waals surface area contributed by atoms with E-state index in [1.54, 1.807) is 32.4 Å². The second kappa shape index (κ2) is 5.65. The van der Waals surface area contributed by atoms with Crippen molar-refractivity contribution in [1.29, 1.82) is 0 Å². The Bertz CT molecular complexity index is 647. The highest BCUT2D eigenvalue weighted by Crippen LogP contribution is 2.35. The fourth-order valence-electron chi connectivity index (χ4n) is 2.12. The minimum Gasteiger partial charge on any atom is -0.497 e. The summed E-state index contributed by atoms with van der Waals surface area (Å²) >= 11 is 0. The zero-order valence-corrected chi connectivity index (χ0v) is 11.6. The smallest absolute Gasteiger partial charge is 0.335 e. The Morgan fingerprint density at radius 1 is 1.00 bits per heavy atom. The molecule has 0 radical (unpaired) electrons. The fourth-order valence-corrected chi connectivity index (χ4v) is 2.12. The lowest BCUT2D eigenvalue weighted by molar-refractivity contribution is 0.0697. The van der Waals surface area contributed by atoms with Crippen LogP contribution in [0, 0.1) is 6.92 Å². The van der Waals surface area contributed by atoms with Crippen molar-refractivity contribution in [2.45, 2.75) is 6.92 Å². The molecule has 1 N–H and O–H groups in total. The van der Waals surface area contributed by atoms with E-state index < -0.39 is 5.97 Å². The molecule has 0 unspecified atom stereocenters. The van der Waals surface area contributed by atoms with Gasteiger partial charge in [-0.3, -0.25) is 0 Å². The predicted octanol–water partition coefficient (Wildman–Crippen LogP) is 3.38. The Morgan fingerprint density at radius 3 is 2.30 bits per heavy atom. The number of carboxylic acids is 1. The van der Waals surface area contributed by atoms with Gasteiger partial charge in [-0.25, -0.2) is 4.79 Å². The molecule has 0 amide bonds. The van der Waals surface area contributed by atoms with E-state index >= 15 is 0 Å². The summed E-state index contributed by atoms with van der Waals surface area (Å²) in [7, 11) is 3.21. The first-order valence-corrected chi connectivity index (χ1v) is 6.13. The van der Waals surface area contributed by atoms with Gasteiger partial charge in [-0.05, 0) is 48.4 Å². The summed E-state index contributed by atoms with van der Waals surface area (Å²) in [4.78, 5) is 11.0. The summed E-state index contributed by atoms with van der Waals surface area (Å²) in [5.74, 6) is 0.511. The number of hydrogen-bond acceptors (Lipinski definition) is 3. The van der Waals surface area contributed by atoms with Crippen LogP contribution in [0.15, 0.2) is 36.4 Å². The van der Waals surface area contributed by atoms with Crippen LogP contribution < -0.4 is 9.47 Å². The average Bonchev–Trinajstić information content (AvgIpc) is 2.46. The quantitative estimate of drug-likeness (QED) is 0.927. The Labute approximate surface area is 117 Å². The Morgan fingerprint density at radius 2 is 1.75 bits per heavy atom. The summed E-state index contributed by atoms with van der Waals surface area (Å²) in [6.45, 7) is 1.88. The molecule has 0 aliphatic heterocycles. The molecule has 4 heteroatoms. The van der Waals surface area contributed by atoms with Crippen molar-refractivity contribution in [2.75, 3.05) is 14.2 Å². The monoisotopic (exact) mass is 272 g/mol. The van der Waals surface area contributed by atoms with Crippen molar-refractivity contribution in [3.8, 4) is 22.6 Å². The van der Waals surface area contributed by atoms with Crippen LogP contribution >= 0.6 is 0 Å². The lowest BCUT2D eigenvalue weighted by Crippen LogP contribution is -1.98. The van der Waals surface area contributed by atoms with Crippen LogP contribution in [0.3, 0.4) is 0 Å². The summed E-state index contributed by atoms with van der Waals surface area (Å²) in [6, 6.07) is 10.6. The number of aryl methyl sites for hydroxylation is 1. The maximum atomic E-state index is 11.0. The molecule has 0 atom stereocenters. The van der Waals surface area contributed by atoms with Gasteiger partial charge >= 0.3 is 5.97 Å². The Hall–Kier alpha value is -2.49. The van der Waals surface area contributed by atoms with Gasteiger partial charge in [-0.2, -0.15) is 0 Å². The highest BCUT2D eigenvalue weighted by molar-refractivity contribution is 5.89. The van der Waals surface area contributed by atoms with Crippen molar-refractivity contribution in [2.24, 2.45) is 0 Å². The molecule has 0 spiro atoms. The van der Waals surface area contributed by atoms with Crippen LogP contribution in [0.25, 0.3) is 11.1 Å². The summed E-state index contributed by atoms with van der Waals surface area (Å²) in [5.41, 5.74) is 2.94. The van der Waals surface area contributed by atoms with Gasteiger partial charge in [0.15, 0.2) is 0 Å². The molecule has 0 saturated carbocycles. The summed E-state index contributed by atoms with van der Waals surface area (Å²) in [5, 5.41) is 9.01. The molecular weight excluding hydrogens is 256 g/mol. The van der Waals surface area contributed by atoms with Crippen molar-refractivity contribution in [3.05, 3.63) is 47.5 Å². The van der Waals surface area contributed by atoms with Crippen LogP contribution in [0.5, 0.6) is 11.5 Å². The largest absolute Gasteiger partial charge is 0.497 e. The Kier molecular flexibility index (Phi) is 3.94. The van der Waals surface area contributed by atoms with Crippen LogP contribution in [-0.4, -0.2) is 25.3 Å². The van der Waals surface area contributed by atoms with E-state index in [4.69, 9.17) is 14.6 Å². The molecule has 0 aromatic heterocycles. The molecule has 0 heterocycles. The van der Waals surface area contributed by atoms with E-state index in [1.165, 1.54) is 0 Å². The first-order valence-electron chi connectivity index (χ1n) is 6.13. The van der Waals surface area contributed by atoms with Crippen LogP contribution in [0.2, 0.25) is 0 Å². The number of carbonyl (C=O) groups is 1. The molecule has 2 rings (SSSR count).